The molecule has 1 N–H and O–H groups in total. The minimum atomic E-state index is -0.758. The smallest absolute Gasteiger partial charge is 0.303 e. The molecule has 3 aromatic rings. The molecule has 1 fully saturated rings. The maximum Gasteiger partial charge on any atom is 0.303 e. The van der Waals surface area contributed by atoms with E-state index in [-0.39, 0.29) is 6.42 Å². The van der Waals surface area contributed by atoms with Crippen LogP contribution in [0.3, 0.4) is 0 Å². The zero-order valence-corrected chi connectivity index (χ0v) is 21.8. The molecule has 2 heterocycles. The number of benzene rings is 2. The van der Waals surface area contributed by atoms with Crippen molar-refractivity contribution >= 4 is 28.5 Å². The van der Waals surface area contributed by atoms with Crippen LogP contribution in [0.5, 0.6) is 5.75 Å². The quantitative estimate of drug-likeness (QED) is 0.338. The van der Waals surface area contributed by atoms with Crippen molar-refractivity contribution in [2.24, 2.45) is 11.8 Å². The molecular formula is C30H32ClFN2O3. The number of pyridine rings is 1. The number of carboxylic acids is 1. The van der Waals surface area contributed by atoms with Crippen molar-refractivity contribution in [3.8, 4) is 17.6 Å². The predicted molar refractivity (Wildman–Crippen MR) is 144 cm³/mol. The Morgan fingerprint density at radius 1 is 1.22 bits per heavy atom. The lowest BCUT2D eigenvalue weighted by Gasteiger charge is -2.38. The number of carboxylic acid groups (broad SMARTS) is 1. The number of fused-ring (bicyclic) bond motifs is 1. The number of rotatable bonds is 9. The summed E-state index contributed by atoms with van der Waals surface area (Å²) in [5.74, 6) is 6.41. The van der Waals surface area contributed by atoms with E-state index in [9.17, 15) is 14.3 Å². The molecule has 5 nitrogen and oxygen atoms in total. The fraction of sp³-hybridized carbons (Fsp3) is 0.400. The van der Waals surface area contributed by atoms with Crippen molar-refractivity contribution in [2.75, 3.05) is 26.7 Å². The zero-order valence-electron chi connectivity index (χ0n) is 21.1. The van der Waals surface area contributed by atoms with Gasteiger partial charge in [-0.2, -0.15) is 0 Å². The monoisotopic (exact) mass is 522 g/mol. The molecule has 0 radical (unpaired) electrons. The zero-order chi connectivity index (χ0) is 26.2. The molecule has 4 rings (SSSR count). The van der Waals surface area contributed by atoms with Crippen LogP contribution in [-0.4, -0.2) is 47.7 Å². The topological polar surface area (TPSA) is 62.7 Å². The maximum absolute atomic E-state index is 14.0. The minimum absolute atomic E-state index is 0.172. The van der Waals surface area contributed by atoms with Gasteiger partial charge in [-0.15, -0.1) is 0 Å². The number of piperidine rings is 1. The number of aryl methyl sites for hydroxylation is 1. The summed E-state index contributed by atoms with van der Waals surface area (Å²) in [6.07, 6.45) is 6.71. The van der Waals surface area contributed by atoms with Gasteiger partial charge in [0.2, 0.25) is 0 Å². The first-order chi connectivity index (χ1) is 17.9. The molecule has 0 saturated carbocycles. The average molecular weight is 523 g/mol. The summed E-state index contributed by atoms with van der Waals surface area (Å²) in [4.78, 5) is 18.0. The summed E-state index contributed by atoms with van der Waals surface area (Å²) in [7, 11) is 1.67. The van der Waals surface area contributed by atoms with Crippen LogP contribution in [-0.2, 0) is 11.2 Å². The number of methoxy groups -OCH3 is 1. The van der Waals surface area contributed by atoms with Gasteiger partial charge in [0.25, 0.3) is 0 Å². The molecular weight excluding hydrogens is 491 g/mol. The van der Waals surface area contributed by atoms with Gasteiger partial charge in [-0.1, -0.05) is 23.4 Å². The van der Waals surface area contributed by atoms with E-state index in [2.05, 4.69) is 27.8 Å². The fourth-order valence-corrected chi connectivity index (χ4v) is 5.39. The molecule has 0 aliphatic carbocycles. The molecule has 0 bridgehead atoms. The van der Waals surface area contributed by atoms with Gasteiger partial charge in [-0.25, -0.2) is 4.39 Å². The number of carbonyl (C=O) groups is 1. The van der Waals surface area contributed by atoms with Gasteiger partial charge in [0.05, 0.1) is 24.7 Å². The first-order valence-electron chi connectivity index (χ1n) is 12.7. The third-order valence-electron chi connectivity index (χ3n) is 7.22. The van der Waals surface area contributed by atoms with Crippen LogP contribution >= 0.6 is 11.6 Å². The maximum atomic E-state index is 14.0. The highest BCUT2D eigenvalue weighted by molar-refractivity contribution is 6.30. The van der Waals surface area contributed by atoms with Crippen molar-refractivity contribution in [3.05, 3.63) is 70.6 Å². The van der Waals surface area contributed by atoms with Crippen molar-refractivity contribution < 1.29 is 19.0 Å². The van der Waals surface area contributed by atoms with Crippen LogP contribution in [0.1, 0.15) is 43.2 Å². The van der Waals surface area contributed by atoms with Crippen LogP contribution in [0.2, 0.25) is 5.02 Å². The number of aromatic nitrogens is 1. The van der Waals surface area contributed by atoms with Gasteiger partial charge in [0, 0.05) is 29.6 Å². The second-order valence-corrected chi connectivity index (χ2v) is 10.1. The molecule has 2 atom stereocenters. The van der Waals surface area contributed by atoms with Crippen LogP contribution in [0, 0.1) is 29.5 Å². The van der Waals surface area contributed by atoms with Crippen molar-refractivity contribution in [2.45, 2.75) is 38.5 Å². The Morgan fingerprint density at radius 2 is 2.08 bits per heavy atom. The van der Waals surface area contributed by atoms with Crippen LogP contribution < -0.4 is 4.74 Å². The highest BCUT2D eigenvalue weighted by Crippen LogP contribution is 2.32. The Morgan fingerprint density at radius 3 is 2.86 bits per heavy atom. The Kier molecular flexibility index (Phi) is 9.38. The summed E-state index contributed by atoms with van der Waals surface area (Å²) in [5.41, 5.74) is 2.56. The van der Waals surface area contributed by atoms with Gasteiger partial charge < -0.3 is 9.84 Å². The lowest BCUT2D eigenvalue weighted by atomic mass is 9.79. The van der Waals surface area contributed by atoms with Gasteiger partial charge in [-0.3, -0.25) is 14.7 Å². The molecule has 1 saturated heterocycles. The molecule has 0 amide bonds. The third-order valence-corrected chi connectivity index (χ3v) is 7.46. The lowest BCUT2D eigenvalue weighted by Crippen LogP contribution is -2.41. The largest absolute Gasteiger partial charge is 0.497 e. The lowest BCUT2D eigenvalue weighted by molar-refractivity contribution is -0.137. The van der Waals surface area contributed by atoms with E-state index >= 15 is 0 Å². The number of hydrogen-bond acceptors (Lipinski definition) is 4. The molecule has 2 aromatic carbocycles. The highest BCUT2D eigenvalue weighted by atomic mass is 35.5. The van der Waals surface area contributed by atoms with Crippen molar-refractivity contribution in [1.82, 2.24) is 9.88 Å². The molecule has 0 unspecified atom stereocenters. The van der Waals surface area contributed by atoms with Gasteiger partial charge in [-0.05, 0) is 98.5 Å². The summed E-state index contributed by atoms with van der Waals surface area (Å²) in [6.45, 7) is 2.25. The summed E-state index contributed by atoms with van der Waals surface area (Å²) in [6, 6.07) is 12.5. The van der Waals surface area contributed by atoms with E-state index in [1.807, 2.05) is 24.4 Å². The standard InChI is InChI=1S/C30H32ClFN2O3/c1-37-26-10-11-29-27(19-26)22(13-15-33-29)5-2-4-21-14-17-34(20-24(21)8-12-30(35)36)16-3-6-23-7-9-25(31)18-28(23)32/h7,9-11,13,15,18-19,21,24H,2,4-5,8,12,14,16-17,20H2,1H3,(H,35,36)/t21-,24+/m1/s1. The second-order valence-electron chi connectivity index (χ2n) is 9.65. The summed E-state index contributed by atoms with van der Waals surface area (Å²) >= 11 is 5.82. The normalized spacial score (nSPS) is 17.8. The molecule has 194 valence electrons. The van der Waals surface area contributed by atoms with E-state index in [1.54, 1.807) is 19.2 Å². The average Bonchev–Trinajstić information content (AvgIpc) is 2.89. The number of hydrogen-bond donors (Lipinski definition) is 1. The Balaban J connectivity index is 1.36. The third kappa shape index (κ3) is 7.44. The Labute approximate surface area is 222 Å². The SMILES string of the molecule is COc1ccc2nccc(CCC[C@@H]3CCN(CC#Cc4ccc(Cl)cc4F)C[C@@H]3CCC(=O)O)c2c1. The van der Waals surface area contributed by atoms with Crippen molar-refractivity contribution in [3.63, 3.8) is 0 Å². The second kappa shape index (κ2) is 12.9. The van der Waals surface area contributed by atoms with E-state index in [4.69, 9.17) is 16.3 Å². The molecule has 37 heavy (non-hydrogen) atoms. The summed E-state index contributed by atoms with van der Waals surface area (Å²) in [5, 5.41) is 10.8. The number of ether oxygens (including phenoxy) is 1. The van der Waals surface area contributed by atoms with E-state index < -0.39 is 11.8 Å². The molecule has 1 aliphatic rings. The Bertz CT molecular complexity index is 1300. The molecule has 1 aromatic heterocycles. The van der Waals surface area contributed by atoms with Gasteiger partial charge in [0.15, 0.2) is 0 Å². The van der Waals surface area contributed by atoms with Gasteiger partial charge in [0.1, 0.15) is 11.6 Å². The molecule has 1 aliphatic heterocycles. The van der Waals surface area contributed by atoms with E-state index in [0.717, 1.165) is 55.4 Å². The first-order valence-corrected chi connectivity index (χ1v) is 13.1. The van der Waals surface area contributed by atoms with E-state index in [1.165, 1.54) is 11.6 Å². The summed E-state index contributed by atoms with van der Waals surface area (Å²) < 4.78 is 19.4. The number of aliphatic carboxylic acids is 1. The van der Waals surface area contributed by atoms with Crippen LogP contribution in [0.15, 0.2) is 48.7 Å². The van der Waals surface area contributed by atoms with Crippen LogP contribution in [0.25, 0.3) is 10.9 Å². The number of likely N-dealkylation sites (tertiary alicyclic amines) is 1. The van der Waals surface area contributed by atoms with Crippen molar-refractivity contribution in [1.29, 1.82) is 0 Å². The predicted octanol–water partition coefficient (Wildman–Crippen LogP) is 6.21. The Hall–Kier alpha value is -3.14. The van der Waals surface area contributed by atoms with Gasteiger partial charge >= 0.3 is 5.97 Å². The van der Waals surface area contributed by atoms with Crippen LogP contribution in [0.4, 0.5) is 4.39 Å². The van der Waals surface area contributed by atoms with E-state index in [0.29, 0.717) is 35.4 Å². The molecule has 7 heteroatoms. The fourth-order valence-electron chi connectivity index (χ4n) is 5.23. The number of halogens is 2. The first kappa shape index (κ1) is 26.9. The molecule has 0 spiro atoms. The highest BCUT2D eigenvalue weighted by Gasteiger charge is 2.29. The number of nitrogens with zero attached hydrogens (tertiary/aromatic N) is 2. The minimum Gasteiger partial charge on any atom is -0.497 e.